The van der Waals surface area contributed by atoms with Gasteiger partial charge in [0.25, 0.3) is 0 Å². The molecule has 2 aliphatic rings. The van der Waals surface area contributed by atoms with Gasteiger partial charge in [0.15, 0.2) is 0 Å². The quantitative estimate of drug-likeness (QED) is 0.159. The van der Waals surface area contributed by atoms with E-state index < -0.39 is 0 Å². The Bertz CT molecular complexity index is 5090. The minimum Gasteiger partial charge on any atom is -0.457 e. The van der Waals surface area contributed by atoms with Gasteiger partial charge >= 0.3 is 0 Å². The first-order valence-electron chi connectivity index (χ1n) is 28.5. The zero-order valence-corrected chi connectivity index (χ0v) is 45.1. The lowest BCUT2D eigenvalue weighted by molar-refractivity contribution is 0.485. The Morgan fingerprint density at radius 2 is 0.795 bits per heavy atom. The molecular weight excluding hydrogens is 1010 g/mol. The van der Waals surface area contributed by atoms with Crippen molar-refractivity contribution in [1.29, 1.82) is 0 Å². The zero-order valence-electron chi connectivity index (χ0n) is 45.1. The summed E-state index contributed by atoms with van der Waals surface area (Å²) in [5, 5.41) is 9.07. The molecule has 0 spiro atoms. The number of anilines is 4. The number of ether oxygens (including phenoxy) is 1. The van der Waals surface area contributed by atoms with Crippen molar-refractivity contribution in [3.05, 3.63) is 291 Å². The number of fused-ring (bicyclic) bond motifs is 15. The van der Waals surface area contributed by atoms with E-state index in [1.807, 2.05) is 6.20 Å². The molecule has 12 aromatic carbocycles. The standard InChI is InChI=1S/C78H50N4O/c1-5-22-50(23-6-1)54-44-69-63-35-18-14-31-59(63)58-30-13-17-34-62(58)66-39-21-43-79-78(66)82-73-48-74(67(53-28-11-4-12-29-53)47-68(73)70(45-54)76(69)82)83-55-41-42-64-60-32-15-16-33-61(60)65-38-20-40-71-77(65)81(72(64)46-55)49-80(71)75-56(51-24-7-2-8-25-51)36-19-37-57(75)52-26-9-3-10-27-52/h1-48H,49H2. The molecule has 0 amide bonds. The van der Waals surface area contributed by atoms with Crippen molar-refractivity contribution in [1.82, 2.24) is 9.38 Å². The first-order chi connectivity index (χ1) is 41.2. The van der Waals surface area contributed by atoms with Gasteiger partial charge in [-0.05, 0) is 109 Å². The summed E-state index contributed by atoms with van der Waals surface area (Å²) in [7, 11) is 0. The van der Waals surface area contributed by atoms with E-state index in [0.717, 1.165) is 99.7 Å². The summed E-state index contributed by atoms with van der Waals surface area (Å²) in [6, 6.07) is 104. The van der Waals surface area contributed by atoms with Crippen LogP contribution in [0.2, 0.25) is 0 Å². The molecule has 0 unspecified atom stereocenters. The second-order valence-corrected chi connectivity index (χ2v) is 21.7. The highest BCUT2D eigenvalue weighted by atomic mass is 16.5. The average molecular weight is 1060 g/mol. The molecule has 0 fully saturated rings. The van der Waals surface area contributed by atoms with Crippen LogP contribution in [0.4, 0.5) is 22.7 Å². The van der Waals surface area contributed by atoms with Gasteiger partial charge in [0.2, 0.25) is 0 Å². The van der Waals surface area contributed by atoms with Crippen molar-refractivity contribution in [2.24, 2.45) is 0 Å². The van der Waals surface area contributed by atoms with Gasteiger partial charge in [-0.25, -0.2) is 4.98 Å². The van der Waals surface area contributed by atoms with Gasteiger partial charge in [0.05, 0.1) is 33.8 Å². The van der Waals surface area contributed by atoms with Gasteiger partial charge in [0.1, 0.15) is 23.8 Å². The third kappa shape index (κ3) is 7.38. The Hall–Kier alpha value is -11.0. The molecule has 15 aromatic rings. The number of hydrogen-bond acceptors (Lipinski definition) is 4. The Balaban J connectivity index is 0.919. The van der Waals surface area contributed by atoms with E-state index in [1.165, 1.54) is 61.1 Å². The minimum atomic E-state index is 0.577. The third-order valence-corrected chi connectivity index (χ3v) is 17.2. The number of nitrogens with zero attached hydrogens (tertiary/aromatic N) is 4. The predicted molar refractivity (Wildman–Crippen MR) is 346 cm³/mol. The summed E-state index contributed by atoms with van der Waals surface area (Å²) in [6.07, 6.45) is 1.93. The number of benzene rings is 12. The molecule has 5 heteroatoms. The van der Waals surface area contributed by atoms with E-state index >= 15 is 0 Å². The Kier molecular flexibility index (Phi) is 10.6. The molecule has 388 valence electrons. The number of rotatable bonds is 7. The average Bonchev–Trinajstić information content (AvgIpc) is 2.45. The van der Waals surface area contributed by atoms with E-state index in [2.05, 4.69) is 299 Å². The first kappa shape index (κ1) is 46.9. The number of aromatic nitrogens is 2. The maximum Gasteiger partial charge on any atom is 0.145 e. The molecule has 0 saturated carbocycles. The second kappa shape index (κ2) is 18.8. The molecule has 0 N–H and O–H groups in total. The second-order valence-electron chi connectivity index (χ2n) is 21.7. The molecule has 17 rings (SSSR count). The van der Waals surface area contributed by atoms with Gasteiger partial charge in [-0.1, -0.05) is 224 Å². The lowest BCUT2D eigenvalue weighted by Crippen LogP contribution is -2.25. The summed E-state index contributed by atoms with van der Waals surface area (Å²) < 4.78 is 9.98. The van der Waals surface area contributed by atoms with Crippen LogP contribution in [-0.4, -0.2) is 16.1 Å². The molecule has 5 nitrogen and oxygen atoms in total. The predicted octanol–water partition coefficient (Wildman–Crippen LogP) is 21.0. The van der Waals surface area contributed by atoms with E-state index in [0.29, 0.717) is 6.67 Å². The molecule has 3 aromatic heterocycles. The summed E-state index contributed by atoms with van der Waals surface area (Å²) in [6.45, 7) is 0.577. The lowest BCUT2D eigenvalue weighted by atomic mass is 9.93. The first-order valence-corrected chi connectivity index (χ1v) is 28.5. The maximum atomic E-state index is 7.57. The maximum absolute atomic E-state index is 7.57. The van der Waals surface area contributed by atoms with Crippen LogP contribution in [0.3, 0.4) is 0 Å². The summed E-state index contributed by atoms with van der Waals surface area (Å²) in [4.78, 5) is 10.4. The number of para-hydroxylation sites is 2. The molecule has 2 aliphatic heterocycles. The van der Waals surface area contributed by atoms with Crippen molar-refractivity contribution in [3.63, 3.8) is 0 Å². The molecule has 0 radical (unpaired) electrons. The van der Waals surface area contributed by atoms with Gasteiger partial charge in [-0.15, -0.1) is 0 Å². The van der Waals surface area contributed by atoms with Crippen LogP contribution in [-0.2, 0) is 0 Å². The fraction of sp³-hybridized carbons (Fsp3) is 0.0128. The van der Waals surface area contributed by atoms with E-state index in [4.69, 9.17) is 9.72 Å². The minimum absolute atomic E-state index is 0.577. The van der Waals surface area contributed by atoms with Crippen LogP contribution < -0.4 is 14.5 Å². The summed E-state index contributed by atoms with van der Waals surface area (Å²) in [5.74, 6) is 1.48. The van der Waals surface area contributed by atoms with Gasteiger partial charge in [-0.2, -0.15) is 0 Å². The molecule has 83 heavy (non-hydrogen) atoms. The topological polar surface area (TPSA) is 33.0 Å². The molecule has 5 heterocycles. The van der Waals surface area contributed by atoms with E-state index in [9.17, 15) is 0 Å². The van der Waals surface area contributed by atoms with Crippen molar-refractivity contribution in [2.75, 3.05) is 16.5 Å². The monoisotopic (exact) mass is 1060 g/mol. The molecule has 0 saturated heterocycles. The fourth-order valence-electron chi connectivity index (χ4n) is 13.6. The van der Waals surface area contributed by atoms with Crippen molar-refractivity contribution in [2.45, 2.75) is 0 Å². The van der Waals surface area contributed by atoms with Gasteiger partial charge in [-0.3, -0.25) is 4.40 Å². The highest BCUT2D eigenvalue weighted by molar-refractivity contribution is 6.26. The number of pyridine rings is 1. The smallest absolute Gasteiger partial charge is 0.145 e. The van der Waals surface area contributed by atoms with Crippen molar-refractivity contribution in [3.8, 4) is 78.3 Å². The van der Waals surface area contributed by atoms with Crippen LogP contribution in [0.5, 0.6) is 11.5 Å². The SMILES string of the molecule is c1ccc(-c2cc3c4ccccc4c4ccccc4c4cccnc4n4c5cc(Oc6ccc7c(c6)N6CN(c8c(-c9ccccc9)cccc8-c8ccccc8)c8cccc(c86)-c6ccccc6-7)c(-c6ccccc6)cc5c(c2)c34)cc1. The zero-order chi connectivity index (χ0) is 54.5. The molecule has 0 bridgehead atoms. The van der Waals surface area contributed by atoms with Crippen LogP contribution in [0, 0.1) is 0 Å². The lowest BCUT2D eigenvalue weighted by Gasteiger charge is -2.28. The highest BCUT2D eigenvalue weighted by Crippen LogP contribution is 2.58. The Morgan fingerprint density at radius 3 is 1.45 bits per heavy atom. The van der Waals surface area contributed by atoms with Crippen LogP contribution in [0.1, 0.15) is 0 Å². The molecular formula is C78H50N4O. The third-order valence-electron chi connectivity index (χ3n) is 17.2. The molecule has 0 aliphatic carbocycles. The summed E-state index contributed by atoms with van der Waals surface area (Å²) >= 11 is 0. The van der Waals surface area contributed by atoms with Crippen molar-refractivity contribution >= 4 is 82.5 Å². The van der Waals surface area contributed by atoms with Crippen molar-refractivity contribution < 1.29 is 4.74 Å². The fourth-order valence-corrected chi connectivity index (χ4v) is 13.6. The largest absolute Gasteiger partial charge is 0.457 e. The van der Waals surface area contributed by atoms with Gasteiger partial charge < -0.3 is 14.5 Å². The van der Waals surface area contributed by atoms with Gasteiger partial charge in [0, 0.05) is 67.7 Å². The molecule has 0 atom stereocenters. The van der Waals surface area contributed by atoms with Crippen LogP contribution in [0.25, 0.3) is 127 Å². The van der Waals surface area contributed by atoms with Crippen LogP contribution in [0.15, 0.2) is 291 Å². The Labute approximate surface area is 480 Å². The van der Waals surface area contributed by atoms with Crippen LogP contribution >= 0.6 is 0 Å². The Morgan fingerprint density at radius 1 is 0.301 bits per heavy atom. The summed E-state index contributed by atoms with van der Waals surface area (Å²) in [5.41, 5.74) is 21.3. The number of hydrogen-bond donors (Lipinski definition) is 0. The normalized spacial score (nSPS) is 12.5. The highest BCUT2D eigenvalue weighted by Gasteiger charge is 2.37. The van der Waals surface area contributed by atoms with E-state index in [-0.39, 0.29) is 0 Å². The van der Waals surface area contributed by atoms with E-state index in [1.54, 1.807) is 0 Å².